The molecule has 0 aliphatic rings. The summed E-state index contributed by atoms with van der Waals surface area (Å²) in [7, 11) is 0. The summed E-state index contributed by atoms with van der Waals surface area (Å²) >= 11 is 0. The monoisotopic (exact) mass is 362 g/mol. The van der Waals surface area contributed by atoms with E-state index in [2.05, 4.69) is 10.6 Å². The van der Waals surface area contributed by atoms with Crippen LogP contribution in [0.4, 0.5) is 0 Å². The van der Waals surface area contributed by atoms with Crippen LogP contribution in [0.2, 0.25) is 0 Å². The molecule has 1 aromatic rings. The highest BCUT2D eigenvalue weighted by atomic mass is 16.5. The first kappa shape index (κ1) is 21.7. The smallest absolute Gasteiger partial charge is 0.328 e. The van der Waals surface area contributed by atoms with Gasteiger partial charge in [-0.2, -0.15) is 0 Å². The Balaban J connectivity index is 2.80. The summed E-state index contributed by atoms with van der Waals surface area (Å²) in [6.07, 6.45) is 2.06. The van der Waals surface area contributed by atoms with E-state index in [0.717, 1.165) is 18.4 Å². The molecule has 0 unspecified atom stereocenters. The maximum atomic E-state index is 12.7. The fourth-order valence-electron chi connectivity index (χ4n) is 2.46. The number of unbranched alkanes of at least 4 members (excludes halogenated alkanes) is 1. The third kappa shape index (κ3) is 7.68. The van der Waals surface area contributed by atoms with Crippen LogP contribution in [0.3, 0.4) is 0 Å². The second-order valence-electron chi connectivity index (χ2n) is 6.69. The van der Waals surface area contributed by atoms with Crippen LogP contribution in [0.5, 0.6) is 0 Å². The van der Waals surface area contributed by atoms with Gasteiger partial charge in [-0.05, 0) is 17.9 Å². The van der Waals surface area contributed by atoms with E-state index in [1.807, 2.05) is 51.1 Å². The van der Waals surface area contributed by atoms with Gasteiger partial charge < -0.3 is 15.4 Å². The average Bonchev–Trinajstić information content (AvgIpc) is 2.59. The Hall–Kier alpha value is -2.37. The summed E-state index contributed by atoms with van der Waals surface area (Å²) in [5.74, 6) is -1.26. The molecule has 6 heteroatoms. The second kappa shape index (κ2) is 11.3. The summed E-state index contributed by atoms with van der Waals surface area (Å²) in [5, 5.41) is 5.40. The maximum Gasteiger partial charge on any atom is 0.328 e. The lowest BCUT2D eigenvalue weighted by Crippen LogP contribution is -2.54. The number of carbonyl (C=O) groups is 3. The molecular formula is C20H30N2O4. The van der Waals surface area contributed by atoms with E-state index in [0.29, 0.717) is 13.0 Å². The number of benzene rings is 1. The lowest BCUT2D eigenvalue weighted by Gasteiger charge is -2.24. The van der Waals surface area contributed by atoms with E-state index in [1.54, 1.807) is 0 Å². The summed E-state index contributed by atoms with van der Waals surface area (Å²) in [6.45, 7) is 7.40. The Morgan fingerprint density at radius 1 is 1.08 bits per heavy atom. The van der Waals surface area contributed by atoms with Crippen molar-refractivity contribution in [2.75, 3.05) is 6.61 Å². The van der Waals surface area contributed by atoms with Crippen molar-refractivity contribution in [2.45, 2.75) is 59.0 Å². The fraction of sp³-hybridized carbons (Fsp3) is 0.550. The summed E-state index contributed by atoms with van der Waals surface area (Å²) in [4.78, 5) is 36.5. The minimum atomic E-state index is -0.750. The van der Waals surface area contributed by atoms with Crippen LogP contribution in [0.1, 0.15) is 46.1 Å². The average molecular weight is 362 g/mol. The topological polar surface area (TPSA) is 84.5 Å². The SMILES string of the molecule is CCCCOC(=O)[C@@H](NC(=O)[C@H](Cc1ccccc1)NC(C)=O)C(C)C. The number of esters is 1. The Labute approximate surface area is 155 Å². The molecule has 0 spiro atoms. The quantitative estimate of drug-likeness (QED) is 0.494. The Morgan fingerprint density at radius 2 is 1.73 bits per heavy atom. The number of rotatable bonds is 10. The molecule has 0 aliphatic carbocycles. The number of ether oxygens (including phenoxy) is 1. The van der Waals surface area contributed by atoms with E-state index >= 15 is 0 Å². The summed E-state index contributed by atoms with van der Waals surface area (Å²) in [5.41, 5.74) is 0.924. The minimum absolute atomic E-state index is 0.122. The Morgan fingerprint density at radius 3 is 2.27 bits per heavy atom. The van der Waals surface area contributed by atoms with Crippen molar-refractivity contribution in [2.24, 2.45) is 5.92 Å². The lowest BCUT2D eigenvalue weighted by molar-refractivity contribution is -0.149. The first-order chi connectivity index (χ1) is 12.3. The van der Waals surface area contributed by atoms with Crippen LogP contribution in [0.25, 0.3) is 0 Å². The predicted molar refractivity (Wildman–Crippen MR) is 100 cm³/mol. The zero-order valence-electron chi connectivity index (χ0n) is 16.1. The molecule has 1 aromatic carbocycles. The van der Waals surface area contributed by atoms with Gasteiger partial charge in [0, 0.05) is 13.3 Å². The van der Waals surface area contributed by atoms with Gasteiger partial charge >= 0.3 is 5.97 Å². The van der Waals surface area contributed by atoms with E-state index in [4.69, 9.17) is 4.74 Å². The number of hydrogen-bond acceptors (Lipinski definition) is 4. The normalized spacial score (nSPS) is 13.0. The fourth-order valence-corrected chi connectivity index (χ4v) is 2.46. The predicted octanol–water partition coefficient (Wildman–Crippen LogP) is 2.22. The molecule has 144 valence electrons. The third-order valence-corrected chi connectivity index (χ3v) is 3.94. The molecule has 0 fully saturated rings. The second-order valence-corrected chi connectivity index (χ2v) is 6.69. The molecule has 2 atom stereocenters. The Bertz CT molecular complexity index is 587. The number of amides is 2. The molecule has 0 saturated carbocycles. The van der Waals surface area contributed by atoms with Gasteiger partial charge in [-0.1, -0.05) is 57.5 Å². The van der Waals surface area contributed by atoms with Crippen molar-refractivity contribution >= 4 is 17.8 Å². The van der Waals surface area contributed by atoms with Crippen LogP contribution < -0.4 is 10.6 Å². The minimum Gasteiger partial charge on any atom is -0.464 e. The third-order valence-electron chi connectivity index (χ3n) is 3.94. The molecule has 6 nitrogen and oxygen atoms in total. The van der Waals surface area contributed by atoms with E-state index < -0.39 is 24.0 Å². The molecule has 1 rings (SSSR count). The van der Waals surface area contributed by atoms with Crippen molar-refractivity contribution in [3.8, 4) is 0 Å². The van der Waals surface area contributed by atoms with E-state index in [1.165, 1.54) is 6.92 Å². The number of hydrogen-bond donors (Lipinski definition) is 2. The Kier molecular flexibility index (Phi) is 9.41. The highest BCUT2D eigenvalue weighted by molar-refractivity contribution is 5.90. The van der Waals surface area contributed by atoms with E-state index in [-0.39, 0.29) is 11.8 Å². The first-order valence-electron chi connectivity index (χ1n) is 9.13. The molecule has 2 amide bonds. The molecule has 0 bridgehead atoms. The first-order valence-corrected chi connectivity index (χ1v) is 9.13. The van der Waals surface area contributed by atoms with Gasteiger partial charge in [0.2, 0.25) is 11.8 Å². The largest absolute Gasteiger partial charge is 0.464 e. The molecule has 0 radical (unpaired) electrons. The molecule has 0 heterocycles. The van der Waals surface area contributed by atoms with Crippen LogP contribution in [-0.2, 0) is 25.5 Å². The zero-order chi connectivity index (χ0) is 19.5. The zero-order valence-corrected chi connectivity index (χ0v) is 16.1. The van der Waals surface area contributed by atoms with E-state index in [9.17, 15) is 14.4 Å². The van der Waals surface area contributed by atoms with Gasteiger partial charge in [0.25, 0.3) is 0 Å². The number of nitrogens with one attached hydrogen (secondary N) is 2. The van der Waals surface area contributed by atoms with Crippen LogP contribution in [0, 0.1) is 5.92 Å². The molecule has 0 saturated heterocycles. The summed E-state index contributed by atoms with van der Waals surface area (Å²) in [6, 6.07) is 7.92. The standard InChI is InChI=1S/C20H30N2O4/c1-5-6-12-26-20(25)18(14(2)3)22-19(24)17(21-15(4)23)13-16-10-8-7-9-11-16/h7-11,14,17-18H,5-6,12-13H2,1-4H3,(H,21,23)(H,22,24)/t17-,18-/m0/s1. The van der Waals surface area contributed by atoms with Gasteiger partial charge in [-0.25, -0.2) is 4.79 Å². The van der Waals surface area contributed by atoms with Crippen LogP contribution >= 0.6 is 0 Å². The molecule has 26 heavy (non-hydrogen) atoms. The molecule has 0 aromatic heterocycles. The highest BCUT2D eigenvalue weighted by Gasteiger charge is 2.29. The van der Waals surface area contributed by atoms with Crippen molar-refractivity contribution in [3.63, 3.8) is 0 Å². The molecule has 0 aliphatic heterocycles. The lowest BCUT2D eigenvalue weighted by atomic mass is 10.0. The highest BCUT2D eigenvalue weighted by Crippen LogP contribution is 2.08. The van der Waals surface area contributed by atoms with Crippen molar-refractivity contribution in [3.05, 3.63) is 35.9 Å². The van der Waals surface area contributed by atoms with Crippen molar-refractivity contribution in [1.82, 2.24) is 10.6 Å². The molecule has 2 N–H and O–H groups in total. The van der Waals surface area contributed by atoms with Crippen molar-refractivity contribution < 1.29 is 19.1 Å². The van der Waals surface area contributed by atoms with Crippen molar-refractivity contribution in [1.29, 1.82) is 0 Å². The van der Waals surface area contributed by atoms with Gasteiger partial charge in [-0.15, -0.1) is 0 Å². The van der Waals surface area contributed by atoms with Gasteiger partial charge in [0.1, 0.15) is 12.1 Å². The summed E-state index contributed by atoms with van der Waals surface area (Å²) < 4.78 is 5.24. The number of carbonyl (C=O) groups excluding carboxylic acids is 3. The molecular weight excluding hydrogens is 332 g/mol. The van der Waals surface area contributed by atoms with Gasteiger partial charge in [-0.3, -0.25) is 9.59 Å². The van der Waals surface area contributed by atoms with Crippen LogP contribution in [-0.4, -0.2) is 36.5 Å². The van der Waals surface area contributed by atoms with Gasteiger partial charge in [0.15, 0.2) is 0 Å². The maximum absolute atomic E-state index is 12.7. The van der Waals surface area contributed by atoms with Crippen LogP contribution in [0.15, 0.2) is 30.3 Å². The van der Waals surface area contributed by atoms with Gasteiger partial charge in [0.05, 0.1) is 6.61 Å².